The molecule has 0 radical (unpaired) electrons. The average molecular weight is 228 g/mol. The zero-order valence-corrected chi connectivity index (χ0v) is 10.7. The van der Waals surface area contributed by atoms with Gasteiger partial charge in [0.15, 0.2) is 0 Å². The zero-order valence-electron chi connectivity index (χ0n) is 10.7. The predicted molar refractivity (Wildman–Crippen MR) is 64.3 cm³/mol. The molecule has 0 aromatic carbocycles. The number of methoxy groups -OCH3 is 1. The molecule has 1 heterocycles. The Morgan fingerprint density at radius 3 is 2.62 bits per heavy atom. The van der Waals surface area contributed by atoms with Gasteiger partial charge in [0.25, 0.3) is 0 Å². The third-order valence-corrected chi connectivity index (χ3v) is 3.39. The average Bonchev–Trinajstić information content (AvgIpc) is 2.31. The molecule has 4 nitrogen and oxygen atoms in total. The molecule has 0 aliphatic carbocycles. The lowest BCUT2D eigenvalue weighted by Crippen LogP contribution is -2.42. The van der Waals surface area contributed by atoms with Crippen LogP contribution in [0.15, 0.2) is 0 Å². The normalized spacial score (nSPS) is 20.7. The Bertz CT molecular complexity index is 213. The van der Waals surface area contributed by atoms with Crippen molar-refractivity contribution in [1.29, 1.82) is 0 Å². The van der Waals surface area contributed by atoms with Crippen LogP contribution in [-0.4, -0.2) is 50.7 Å². The quantitative estimate of drug-likeness (QED) is 0.709. The number of ether oxygens (including phenoxy) is 1. The highest BCUT2D eigenvalue weighted by molar-refractivity contribution is 5.75. The summed E-state index contributed by atoms with van der Waals surface area (Å²) in [7, 11) is 3.61. The summed E-state index contributed by atoms with van der Waals surface area (Å²) in [4.78, 5) is 13.7. The maximum atomic E-state index is 11.4. The molecule has 0 amide bonds. The van der Waals surface area contributed by atoms with Gasteiger partial charge in [0.2, 0.25) is 0 Å². The molecule has 1 rings (SSSR count). The summed E-state index contributed by atoms with van der Waals surface area (Å²) in [5.74, 6) is 0.560. The minimum absolute atomic E-state index is 0.135. The van der Waals surface area contributed by atoms with Gasteiger partial charge in [-0.3, -0.25) is 4.79 Å². The molecule has 94 valence electrons. The van der Waals surface area contributed by atoms with Crippen LogP contribution in [0.3, 0.4) is 0 Å². The van der Waals surface area contributed by atoms with Crippen LogP contribution < -0.4 is 5.32 Å². The molecule has 16 heavy (non-hydrogen) atoms. The molecule has 1 fully saturated rings. The van der Waals surface area contributed by atoms with Crippen molar-refractivity contribution in [2.45, 2.75) is 32.2 Å². The number of hydrogen-bond acceptors (Lipinski definition) is 4. The van der Waals surface area contributed by atoms with E-state index in [1.165, 1.54) is 33.0 Å². The maximum absolute atomic E-state index is 11.4. The van der Waals surface area contributed by atoms with Crippen LogP contribution in [-0.2, 0) is 9.53 Å². The van der Waals surface area contributed by atoms with Crippen LogP contribution in [0.4, 0.5) is 0 Å². The smallest absolute Gasteiger partial charge is 0.322 e. The molecule has 1 N–H and O–H groups in total. The maximum Gasteiger partial charge on any atom is 0.322 e. The van der Waals surface area contributed by atoms with Gasteiger partial charge in [-0.2, -0.15) is 0 Å². The van der Waals surface area contributed by atoms with E-state index in [0.717, 1.165) is 13.0 Å². The first-order valence-electron chi connectivity index (χ1n) is 6.17. The van der Waals surface area contributed by atoms with Gasteiger partial charge in [0.1, 0.15) is 6.04 Å². The van der Waals surface area contributed by atoms with Gasteiger partial charge in [-0.15, -0.1) is 0 Å². The van der Waals surface area contributed by atoms with E-state index < -0.39 is 0 Å². The van der Waals surface area contributed by atoms with E-state index in [0.29, 0.717) is 5.92 Å². The molecule has 4 heteroatoms. The first-order chi connectivity index (χ1) is 7.67. The van der Waals surface area contributed by atoms with E-state index in [4.69, 9.17) is 4.74 Å². The standard InChI is InChI=1S/C12H24N2O2/c1-4-11(12(15)16-3)13-9-10-5-7-14(2)8-6-10/h10-11,13H,4-9H2,1-3H3. The molecule has 0 aromatic rings. The molecule has 1 unspecified atom stereocenters. The second-order valence-electron chi connectivity index (χ2n) is 4.64. The third kappa shape index (κ3) is 4.10. The molecule has 0 spiro atoms. The van der Waals surface area contributed by atoms with Gasteiger partial charge in [0.05, 0.1) is 7.11 Å². The molecule has 0 aromatic heterocycles. The zero-order chi connectivity index (χ0) is 12.0. The summed E-state index contributed by atoms with van der Waals surface area (Å²) in [6.45, 7) is 5.27. The lowest BCUT2D eigenvalue weighted by atomic mass is 9.97. The Kier molecular flexibility index (Phi) is 5.77. The van der Waals surface area contributed by atoms with Gasteiger partial charge in [0, 0.05) is 0 Å². The van der Waals surface area contributed by atoms with Crippen LogP contribution in [0.25, 0.3) is 0 Å². The van der Waals surface area contributed by atoms with E-state index in [9.17, 15) is 4.79 Å². The molecule has 1 saturated heterocycles. The van der Waals surface area contributed by atoms with Crippen molar-refractivity contribution in [2.75, 3.05) is 33.8 Å². The van der Waals surface area contributed by atoms with Crippen molar-refractivity contribution < 1.29 is 9.53 Å². The Balaban J connectivity index is 2.24. The number of likely N-dealkylation sites (tertiary alicyclic amines) is 1. The fourth-order valence-corrected chi connectivity index (χ4v) is 2.11. The van der Waals surface area contributed by atoms with Crippen molar-refractivity contribution in [1.82, 2.24) is 10.2 Å². The van der Waals surface area contributed by atoms with Crippen LogP contribution in [0, 0.1) is 5.92 Å². The van der Waals surface area contributed by atoms with Crippen molar-refractivity contribution in [3.8, 4) is 0 Å². The molecular weight excluding hydrogens is 204 g/mol. The number of carbonyl (C=O) groups is 1. The first-order valence-corrected chi connectivity index (χ1v) is 6.17. The predicted octanol–water partition coefficient (Wildman–Crippen LogP) is 0.869. The number of nitrogens with zero attached hydrogens (tertiary/aromatic N) is 1. The van der Waals surface area contributed by atoms with E-state index in [-0.39, 0.29) is 12.0 Å². The third-order valence-electron chi connectivity index (χ3n) is 3.39. The number of carbonyl (C=O) groups excluding carboxylic acids is 1. The number of esters is 1. The van der Waals surface area contributed by atoms with Crippen molar-refractivity contribution in [2.24, 2.45) is 5.92 Å². The summed E-state index contributed by atoms with van der Waals surface area (Å²) >= 11 is 0. The van der Waals surface area contributed by atoms with E-state index in [2.05, 4.69) is 17.3 Å². The summed E-state index contributed by atoms with van der Waals surface area (Å²) in [6.07, 6.45) is 3.24. The molecule has 1 atom stereocenters. The summed E-state index contributed by atoms with van der Waals surface area (Å²) in [6, 6.07) is -0.135. The van der Waals surface area contributed by atoms with Crippen LogP contribution in [0.5, 0.6) is 0 Å². The van der Waals surface area contributed by atoms with Crippen molar-refractivity contribution in [3.63, 3.8) is 0 Å². The van der Waals surface area contributed by atoms with Gasteiger partial charge >= 0.3 is 5.97 Å². The Morgan fingerprint density at radius 1 is 1.50 bits per heavy atom. The first kappa shape index (κ1) is 13.5. The molecule has 1 aliphatic rings. The van der Waals surface area contributed by atoms with Gasteiger partial charge < -0.3 is 15.0 Å². The minimum atomic E-state index is -0.143. The molecule has 1 aliphatic heterocycles. The van der Waals surface area contributed by atoms with Gasteiger partial charge in [-0.25, -0.2) is 0 Å². The molecular formula is C12H24N2O2. The second-order valence-corrected chi connectivity index (χ2v) is 4.64. The minimum Gasteiger partial charge on any atom is -0.468 e. The summed E-state index contributed by atoms with van der Waals surface area (Å²) < 4.78 is 4.75. The topological polar surface area (TPSA) is 41.6 Å². The number of piperidine rings is 1. The van der Waals surface area contributed by atoms with Crippen molar-refractivity contribution >= 4 is 5.97 Å². The second kappa shape index (κ2) is 6.86. The number of nitrogens with one attached hydrogen (secondary N) is 1. The van der Waals surface area contributed by atoms with Gasteiger partial charge in [-0.05, 0) is 51.9 Å². The van der Waals surface area contributed by atoms with Crippen LogP contribution in [0.1, 0.15) is 26.2 Å². The monoisotopic (exact) mass is 228 g/mol. The molecule has 0 saturated carbocycles. The van der Waals surface area contributed by atoms with E-state index >= 15 is 0 Å². The van der Waals surface area contributed by atoms with E-state index in [1.807, 2.05) is 6.92 Å². The highest BCUT2D eigenvalue weighted by Gasteiger charge is 2.20. The number of rotatable bonds is 5. The fourth-order valence-electron chi connectivity index (χ4n) is 2.11. The highest BCUT2D eigenvalue weighted by Crippen LogP contribution is 2.15. The van der Waals surface area contributed by atoms with E-state index in [1.54, 1.807) is 0 Å². The lowest BCUT2D eigenvalue weighted by molar-refractivity contribution is -0.143. The van der Waals surface area contributed by atoms with Crippen LogP contribution >= 0.6 is 0 Å². The molecule has 0 bridgehead atoms. The number of hydrogen-bond donors (Lipinski definition) is 1. The lowest BCUT2D eigenvalue weighted by Gasteiger charge is -2.29. The summed E-state index contributed by atoms with van der Waals surface area (Å²) in [5, 5.41) is 3.31. The largest absolute Gasteiger partial charge is 0.468 e. The SMILES string of the molecule is CCC(NCC1CCN(C)CC1)C(=O)OC. The fraction of sp³-hybridized carbons (Fsp3) is 0.917. The van der Waals surface area contributed by atoms with Crippen LogP contribution in [0.2, 0.25) is 0 Å². The Hall–Kier alpha value is -0.610. The highest BCUT2D eigenvalue weighted by atomic mass is 16.5. The summed E-state index contributed by atoms with van der Waals surface area (Å²) in [5.41, 5.74) is 0. The van der Waals surface area contributed by atoms with Crippen molar-refractivity contribution in [3.05, 3.63) is 0 Å². The van der Waals surface area contributed by atoms with Gasteiger partial charge in [-0.1, -0.05) is 6.92 Å². The Labute approximate surface area is 98.3 Å². The Morgan fingerprint density at radius 2 is 2.12 bits per heavy atom.